The van der Waals surface area contributed by atoms with Gasteiger partial charge in [0.15, 0.2) is 6.29 Å². The van der Waals surface area contributed by atoms with Crippen molar-refractivity contribution >= 4 is 12.3 Å². The number of quaternary nitrogens is 1. The number of carbonyl (C=O) groups is 2. The summed E-state index contributed by atoms with van der Waals surface area (Å²) in [6, 6.07) is 0. The zero-order valence-electron chi connectivity index (χ0n) is 12.0. The van der Waals surface area contributed by atoms with Crippen LogP contribution in [0.2, 0.25) is 0 Å². The number of carboxylic acids is 1. The Labute approximate surface area is 118 Å². The number of aliphatic carboxylic acids is 1. The zero-order chi connectivity index (χ0) is 16.3. The SMILES string of the molecule is CC[NH+](CC)CC.O=C[C@H](O)[C@@H](O)[C@H](O)[C@H](O)C(=O)[O-]. The number of hydrogen-bond donors (Lipinski definition) is 5. The van der Waals surface area contributed by atoms with Gasteiger partial charge in [0.2, 0.25) is 0 Å². The van der Waals surface area contributed by atoms with E-state index in [9.17, 15) is 14.7 Å². The van der Waals surface area contributed by atoms with Crippen LogP contribution in [-0.4, -0.2) is 76.7 Å². The number of carboxylic acid groups (broad SMARTS) is 1. The van der Waals surface area contributed by atoms with Crippen LogP contribution in [0.1, 0.15) is 20.8 Å². The fourth-order valence-corrected chi connectivity index (χ4v) is 1.36. The summed E-state index contributed by atoms with van der Waals surface area (Å²) in [6.45, 7) is 10.5. The van der Waals surface area contributed by atoms with Crippen LogP contribution in [0.25, 0.3) is 0 Å². The lowest BCUT2D eigenvalue weighted by atomic mass is 10.0. The first kappa shape index (κ1) is 21.2. The number of nitrogens with one attached hydrogen (secondary N) is 1. The van der Waals surface area contributed by atoms with E-state index < -0.39 is 30.4 Å². The van der Waals surface area contributed by atoms with E-state index in [1.54, 1.807) is 4.90 Å². The van der Waals surface area contributed by atoms with Crippen molar-refractivity contribution in [1.82, 2.24) is 0 Å². The highest BCUT2D eigenvalue weighted by Crippen LogP contribution is 2.03. The Hall–Kier alpha value is -1.06. The van der Waals surface area contributed by atoms with Crippen molar-refractivity contribution in [2.75, 3.05) is 19.6 Å². The molecule has 0 rings (SSSR count). The van der Waals surface area contributed by atoms with Crippen molar-refractivity contribution in [3.05, 3.63) is 0 Å². The molecule has 0 aliphatic heterocycles. The molecule has 8 nitrogen and oxygen atoms in total. The molecule has 8 heteroatoms. The average molecular weight is 295 g/mol. The molecule has 0 heterocycles. The first-order valence-electron chi connectivity index (χ1n) is 6.48. The highest BCUT2D eigenvalue weighted by Gasteiger charge is 2.30. The van der Waals surface area contributed by atoms with Crippen molar-refractivity contribution in [2.45, 2.75) is 45.2 Å². The largest absolute Gasteiger partial charge is 0.547 e. The van der Waals surface area contributed by atoms with Crippen LogP contribution in [0.5, 0.6) is 0 Å². The zero-order valence-corrected chi connectivity index (χ0v) is 12.0. The first-order valence-corrected chi connectivity index (χ1v) is 6.48. The van der Waals surface area contributed by atoms with E-state index in [1.807, 2.05) is 0 Å². The molecule has 0 aliphatic carbocycles. The van der Waals surface area contributed by atoms with Gasteiger partial charge in [-0.2, -0.15) is 0 Å². The van der Waals surface area contributed by atoms with E-state index >= 15 is 0 Å². The summed E-state index contributed by atoms with van der Waals surface area (Å²) in [6.07, 6.45) is -8.65. The van der Waals surface area contributed by atoms with E-state index in [4.69, 9.17) is 20.4 Å². The Bertz CT molecular complexity index is 265. The standard InChI is InChI=1S/C6H15N.C6H10O7/c1-4-7(5-2)6-3;7-1-2(8)3(9)4(10)5(11)6(12)13/h4-6H2,1-3H3;1-5,8-11H,(H,12,13)/t;2-,3+,4-,5-/m.0/s1. The Morgan fingerprint density at radius 2 is 1.45 bits per heavy atom. The van der Waals surface area contributed by atoms with Crippen molar-refractivity contribution in [2.24, 2.45) is 0 Å². The Kier molecular flexibility index (Phi) is 12.5. The summed E-state index contributed by atoms with van der Waals surface area (Å²) in [4.78, 5) is 21.5. The predicted octanol–water partition coefficient (Wildman–Crippen LogP) is -4.69. The molecule has 0 unspecified atom stereocenters. The van der Waals surface area contributed by atoms with Gasteiger partial charge in [-0.1, -0.05) is 0 Å². The molecule has 0 aromatic heterocycles. The molecule has 20 heavy (non-hydrogen) atoms. The lowest BCUT2D eigenvalue weighted by Gasteiger charge is -2.24. The highest BCUT2D eigenvalue weighted by atomic mass is 16.4. The van der Waals surface area contributed by atoms with Gasteiger partial charge in [0.1, 0.15) is 24.4 Å². The predicted molar refractivity (Wildman–Crippen MR) is 67.7 cm³/mol. The van der Waals surface area contributed by atoms with Gasteiger partial charge < -0.3 is 40.0 Å². The normalized spacial score (nSPS) is 16.6. The summed E-state index contributed by atoms with van der Waals surface area (Å²) >= 11 is 0. The van der Waals surface area contributed by atoms with Gasteiger partial charge in [-0.05, 0) is 20.8 Å². The van der Waals surface area contributed by atoms with Crippen molar-refractivity contribution in [3.63, 3.8) is 0 Å². The molecule has 4 atom stereocenters. The summed E-state index contributed by atoms with van der Waals surface area (Å²) in [7, 11) is 0. The Morgan fingerprint density at radius 3 is 1.65 bits per heavy atom. The third kappa shape index (κ3) is 8.18. The summed E-state index contributed by atoms with van der Waals surface area (Å²) in [5.41, 5.74) is 0. The number of carbonyl (C=O) groups excluding carboxylic acids is 2. The molecule has 0 aliphatic rings. The van der Waals surface area contributed by atoms with Gasteiger partial charge in [0, 0.05) is 0 Å². The maximum absolute atomic E-state index is 9.95. The molecule has 0 radical (unpaired) electrons. The van der Waals surface area contributed by atoms with Gasteiger partial charge in [-0.15, -0.1) is 0 Å². The van der Waals surface area contributed by atoms with Crippen LogP contribution in [0.4, 0.5) is 0 Å². The minimum atomic E-state index is -2.36. The first-order chi connectivity index (χ1) is 9.26. The smallest absolute Gasteiger partial charge is 0.151 e. The second-order valence-corrected chi connectivity index (χ2v) is 4.18. The van der Waals surface area contributed by atoms with Crippen molar-refractivity contribution in [3.8, 4) is 0 Å². The molecule has 0 saturated heterocycles. The van der Waals surface area contributed by atoms with Crippen LogP contribution in [0.3, 0.4) is 0 Å². The lowest BCUT2D eigenvalue weighted by Crippen LogP contribution is -3.11. The number of aliphatic hydroxyl groups is 4. The highest BCUT2D eigenvalue weighted by molar-refractivity contribution is 5.70. The number of hydrogen-bond acceptors (Lipinski definition) is 7. The molecule has 0 bridgehead atoms. The molecule has 0 aromatic carbocycles. The van der Waals surface area contributed by atoms with E-state index in [1.165, 1.54) is 19.6 Å². The van der Waals surface area contributed by atoms with E-state index in [0.29, 0.717) is 0 Å². The van der Waals surface area contributed by atoms with Crippen LogP contribution in [-0.2, 0) is 9.59 Å². The molecule has 0 fully saturated rings. The van der Waals surface area contributed by atoms with E-state index in [0.717, 1.165) is 0 Å². The van der Waals surface area contributed by atoms with Crippen LogP contribution in [0.15, 0.2) is 0 Å². The topological polar surface area (TPSA) is 143 Å². The second-order valence-electron chi connectivity index (χ2n) is 4.18. The fourth-order valence-electron chi connectivity index (χ4n) is 1.36. The van der Waals surface area contributed by atoms with Gasteiger partial charge >= 0.3 is 0 Å². The summed E-state index contributed by atoms with van der Waals surface area (Å²) < 4.78 is 0. The fraction of sp³-hybridized carbons (Fsp3) is 0.833. The minimum absolute atomic E-state index is 0.101. The van der Waals surface area contributed by atoms with E-state index in [-0.39, 0.29) is 6.29 Å². The molecular formula is C12H25NO7. The van der Waals surface area contributed by atoms with Gasteiger partial charge in [0.25, 0.3) is 0 Å². The van der Waals surface area contributed by atoms with Gasteiger partial charge in [0.05, 0.1) is 25.6 Å². The number of aliphatic hydroxyl groups excluding tert-OH is 4. The van der Waals surface area contributed by atoms with Crippen molar-refractivity contribution in [1.29, 1.82) is 0 Å². The average Bonchev–Trinajstić information content (AvgIpc) is 2.46. The monoisotopic (exact) mass is 295 g/mol. The molecule has 0 saturated carbocycles. The lowest BCUT2D eigenvalue weighted by molar-refractivity contribution is -0.894. The molecule has 5 N–H and O–H groups in total. The molecule has 0 spiro atoms. The quantitative estimate of drug-likeness (QED) is 0.283. The molecule has 0 amide bonds. The van der Waals surface area contributed by atoms with Crippen LogP contribution < -0.4 is 10.0 Å². The molecule has 120 valence electrons. The minimum Gasteiger partial charge on any atom is -0.547 e. The second kappa shape index (κ2) is 11.7. The van der Waals surface area contributed by atoms with Gasteiger partial charge in [-0.25, -0.2) is 0 Å². The third-order valence-electron chi connectivity index (χ3n) is 2.90. The maximum atomic E-state index is 9.95. The molecule has 0 aromatic rings. The number of aldehydes is 1. The van der Waals surface area contributed by atoms with E-state index in [2.05, 4.69) is 20.8 Å². The Morgan fingerprint density at radius 1 is 1.05 bits per heavy atom. The third-order valence-corrected chi connectivity index (χ3v) is 2.90. The number of rotatable bonds is 8. The summed E-state index contributed by atoms with van der Waals surface area (Å²) in [5, 5.41) is 44.8. The Balaban J connectivity index is 0. The maximum Gasteiger partial charge on any atom is 0.151 e. The van der Waals surface area contributed by atoms with Crippen molar-refractivity contribution < 1.29 is 40.0 Å². The molecular weight excluding hydrogens is 270 g/mol. The van der Waals surface area contributed by atoms with Crippen LogP contribution >= 0.6 is 0 Å². The van der Waals surface area contributed by atoms with Gasteiger partial charge in [-0.3, -0.25) is 0 Å². The summed E-state index contributed by atoms with van der Waals surface area (Å²) in [5.74, 6) is -2.01. The van der Waals surface area contributed by atoms with Crippen LogP contribution in [0, 0.1) is 0 Å².